The first kappa shape index (κ1) is 22.6. The van der Waals surface area contributed by atoms with Gasteiger partial charge in [-0.25, -0.2) is 8.42 Å². The molecule has 8 heteroatoms. The van der Waals surface area contributed by atoms with Crippen LogP contribution in [0.1, 0.15) is 26.3 Å². The molecule has 0 atom stereocenters. The predicted molar refractivity (Wildman–Crippen MR) is 137 cm³/mol. The van der Waals surface area contributed by atoms with Crippen LogP contribution in [0.3, 0.4) is 0 Å². The van der Waals surface area contributed by atoms with Gasteiger partial charge in [-0.3, -0.25) is 19.6 Å². The molecule has 176 valence electrons. The van der Waals surface area contributed by atoms with Crippen molar-refractivity contribution < 1.29 is 18.0 Å². The molecule has 2 N–H and O–H groups in total. The van der Waals surface area contributed by atoms with Gasteiger partial charge in [0.2, 0.25) is 0 Å². The smallest absolute Gasteiger partial charge is 0.262 e. The first-order valence-corrected chi connectivity index (χ1v) is 12.5. The molecule has 1 heterocycles. The molecule has 0 bridgehead atoms. The standard InChI is InChI=1S/C27H23N3O4S/c1-16-8-11-18(12-9-16)29-35(33,34)23-7-5-4-6-20(23)21-13-10-17-14-19(30(2)3)15-22-24(17)25(21)27(32)28-26(22)31/h4-15,29H,1-3H3,(H,28,31,32). The highest BCUT2D eigenvalue weighted by Crippen LogP contribution is 2.39. The topological polar surface area (TPSA) is 95.6 Å². The lowest BCUT2D eigenvalue weighted by Gasteiger charge is -2.23. The van der Waals surface area contributed by atoms with Crippen molar-refractivity contribution in [2.75, 3.05) is 23.7 Å². The number of carbonyl (C=O) groups is 2. The molecule has 0 aliphatic carbocycles. The van der Waals surface area contributed by atoms with Gasteiger partial charge in [-0.1, -0.05) is 48.0 Å². The molecule has 4 aromatic rings. The Morgan fingerprint density at radius 1 is 0.800 bits per heavy atom. The lowest BCUT2D eigenvalue weighted by atomic mass is 9.88. The van der Waals surface area contributed by atoms with E-state index in [4.69, 9.17) is 0 Å². The van der Waals surface area contributed by atoms with Gasteiger partial charge >= 0.3 is 0 Å². The first-order chi connectivity index (χ1) is 16.7. The Balaban J connectivity index is 1.72. The Morgan fingerprint density at radius 2 is 1.51 bits per heavy atom. The fraction of sp³-hybridized carbons (Fsp3) is 0.111. The third-order valence-electron chi connectivity index (χ3n) is 6.09. The summed E-state index contributed by atoms with van der Waals surface area (Å²) in [6.07, 6.45) is 0. The third kappa shape index (κ3) is 3.91. The molecule has 1 aliphatic heterocycles. The second-order valence-corrected chi connectivity index (χ2v) is 10.4. The van der Waals surface area contributed by atoms with E-state index in [2.05, 4.69) is 10.0 Å². The van der Waals surface area contributed by atoms with E-state index in [1.54, 1.807) is 42.5 Å². The van der Waals surface area contributed by atoms with Gasteiger partial charge in [-0.2, -0.15) is 0 Å². The molecule has 0 unspecified atom stereocenters. The first-order valence-electron chi connectivity index (χ1n) is 11.0. The Hall–Kier alpha value is -4.17. The SMILES string of the molecule is Cc1ccc(NS(=O)(=O)c2ccccc2-c2ccc3cc(N(C)C)cc4c3c2C(=O)NC4=O)cc1. The Bertz CT molecular complexity index is 1620. The van der Waals surface area contributed by atoms with Gasteiger partial charge in [0.05, 0.1) is 16.0 Å². The molecule has 5 rings (SSSR count). The molecular formula is C27H23N3O4S. The summed E-state index contributed by atoms with van der Waals surface area (Å²) in [6.45, 7) is 1.92. The number of anilines is 2. The number of sulfonamides is 1. The second kappa shape index (κ2) is 8.25. The molecular weight excluding hydrogens is 462 g/mol. The zero-order valence-electron chi connectivity index (χ0n) is 19.4. The number of nitrogens with zero attached hydrogens (tertiary/aromatic N) is 1. The van der Waals surface area contributed by atoms with E-state index in [0.29, 0.717) is 27.8 Å². The van der Waals surface area contributed by atoms with Crippen LogP contribution in [0.5, 0.6) is 0 Å². The molecule has 0 saturated carbocycles. The van der Waals surface area contributed by atoms with E-state index in [-0.39, 0.29) is 10.5 Å². The maximum atomic E-state index is 13.4. The summed E-state index contributed by atoms with van der Waals surface area (Å²) in [7, 11) is -0.232. The summed E-state index contributed by atoms with van der Waals surface area (Å²) < 4.78 is 29.4. The Kier molecular flexibility index (Phi) is 5.33. The van der Waals surface area contributed by atoms with Crippen molar-refractivity contribution in [3.63, 3.8) is 0 Å². The number of aryl methyl sites for hydroxylation is 1. The number of nitrogens with one attached hydrogen (secondary N) is 2. The zero-order valence-corrected chi connectivity index (χ0v) is 20.2. The number of hydrogen-bond donors (Lipinski definition) is 2. The number of imide groups is 1. The molecule has 7 nitrogen and oxygen atoms in total. The van der Waals surface area contributed by atoms with Crippen molar-refractivity contribution in [3.8, 4) is 11.1 Å². The summed E-state index contributed by atoms with van der Waals surface area (Å²) in [5.41, 5.74) is 3.73. The van der Waals surface area contributed by atoms with Gasteiger partial charge in [-0.15, -0.1) is 0 Å². The normalized spacial score (nSPS) is 13.0. The van der Waals surface area contributed by atoms with Crippen LogP contribution in [0.4, 0.5) is 11.4 Å². The van der Waals surface area contributed by atoms with E-state index in [1.807, 2.05) is 50.2 Å². The van der Waals surface area contributed by atoms with Gasteiger partial charge in [-0.05, 0) is 48.2 Å². The predicted octanol–water partition coefficient (Wildman–Crippen LogP) is 4.57. The summed E-state index contributed by atoms with van der Waals surface area (Å²) in [5.74, 6) is -1.03. The van der Waals surface area contributed by atoms with E-state index in [9.17, 15) is 18.0 Å². The monoisotopic (exact) mass is 485 g/mol. The maximum Gasteiger partial charge on any atom is 0.262 e. The van der Waals surface area contributed by atoms with E-state index < -0.39 is 21.8 Å². The molecule has 0 radical (unpaired) electrons. The summed E-state index contributed by atoms with van der Waals surface area (Å²) >= 11 is 0. The van der Waals surface area contributed by atoms with Gasteiger partial charge in [0.1, 0.15) is 0 Å². The summed E-state index contributed by atoms with van der Waals surface area (Å²) in [5, 5.41) is 3.66. The average molecular weight is 486 g/mol. The molecule has 0 aromatic heterocycles. The van der Waals surface area contributed by atoms with Gasteiger partial charge in [0.25, 0.3) is 21.8 Å². The van der Waals surface area contributed by atoms with Crippen LogP contribution in [0.25, 0.3) is 21.9 Å². The lowest BCUT2D eigenvalue weighted by Crippen LogP contribution is -2.35. The van der Waals surface area contributed by atoms with Crippen molar-refractivity contribution in [1.29, 1.82) is 0 Å². The minimum Gasteiger partial charge on any atom is -0.378 e. The fourth-order valence-electron chi connectivity index (χ4n) is 4.34. The van der Waals surface area contributed by atoms with Crippen LogP contribution >= 0.6 is 0 Å². The highest BCUT2D eigenvalue weighted by Gasteiger charge is 2.30. The van der Waals surface area contributed by atoms with Crippen LogP contribution in [0.15, 0.2) is 77.7 Å². The largest absolute Gasteiger partial charge is 0.378 e. The fourth-order valence-corrected chi connectivity index (χ4v) is 5.62. The lowest BCUT2D eigenvalue weighted by molar-refractivity contribution is 0.0845. The molecule has 4 aromatic carbocycles. The van der Waals surface area contributed by atoms with Crippen LogP contribution in [-0.4, -0.2) is 34.3 Å². The Labute approximate surface area is 203 Å². The highest BCUT2D eigenvalue weighted by molar-refractivity contribution is 7.92. The van der Waals surface area contributed by atoms with Crippen molar-refractivity contribution in [2.45, 2.75) is 11.8 Å². The number of rotatable bonds is 5. The van der Waals surface area contributed by atoms with Crippen LogP contribution in [0, 0.1) is 6.92 Å². The van der Waals surface area contributed by atoms with Crippen molar-refractivity contribution in [1.82, 2.24) is 5.32 Å². The van der Waals surface area contributed by atoms with Gasteiger partial charge in [0, 0.05) is 36.4 Å². The molecule has 0 fully saturated rings. The van der Waals surface area contributed by atoms with Crippen molar-refractivity contribution in [3.05, 3.63) is 89.5 Å². The zero-order chi connectivity index (χ0) is 24.9. The summed E-state index contributed by atoms with van der Waals surface area (Å²) in [6, 6.07) is 20.7. The van der Waals surface area contributed by atoms with E-state index in [1.165, 1.54) is 6.07 Å². The number of hydrogen-bond acceptors (Lipinski definition) is 5. The second-order valence-electron chi connectivity index (χ2n) is 8.72. The summed E-state index contributed by atoms with van der Waals surface area (Å²) in [4.78, 5) is 27.7. The van der Waals surface area contributed by atoms with Crippen LogP contribution in [0.2, 0.25) is 0 Å². The minimum absolute atomic E-state index is 0.0346. The van der Waals surface area contributed by atoms with E-state index >= 15 is 0 Å². The molecule has 0 spiro atoms. The Morgan fingerprint density at radius 3 is 2.23 bits per heavy atom. The van der Waals surface area contributed by atoms with Gasteiger partial charge in [0.15, 0.2) is 0 Å². The average Bonchev–Trinajstić information content (AvgIpc) is 2.83. The molecule has 2 amide bonds. The minimum atomic E-state index is -3.98. The molecule has 35 heavy (non-hydrogen) atoms. The maximum absolute atomic E-state index is 13.4. The van der Waals surface area contributed by atoms with Crippen molar-refractivity contribution in [2.24, 2.45) is 0 Å². The highest BCUT2D eigenvalue weighted by atomic mass is 32.2. The number of carbonyl (C=O) groups excluding carboxylic acids is 2. The third-order valence-corrected chi connectivity index (χ3v) is 7.53. The van der Waals surface area contributed by atoms with Crippen LogP contribution in [-0.2, 0) is 10.0 Å². The molecule has 1 aliphatic rings. The van der Waals surface area contributed by atoms with Crippen LogP contribution < -0.4 is 14.9 Å². The van der Waals surface area contributed by atoms with E-state index in [0.717, 1.165) is 16.6 Å². The molecule has 0 saturated heterocycles. The number of benzene rings is 4. The quantitative estimate of drug-likeness (QED) is 0.404. The number of amides is 2. The van der Waals surface area contributed by atoms with Crippen molar-refractivity contribution >= 4 is 44.0 Å². The van der Waals surface area contributed by atoms with Gasteiger partial charge < -0.3 is 4.90 Å².